The lowest BCUT2D eigenvalue weighted by molar-refractivity contribution is -0.124. The van der Waals surface area contributed by atoms with Crippen molar-refractivity contribution in [3.63, 3.8) is 0 Å². The van der Waals surface area contributed by atoms with Gasteiger partial charge in [0.05, 0.1) is 12.7 Å². The third-order valence-corrected chi connectivity index (χ3v) is 6.41. The van der Waals surface area contributed by atoms with Crippen molar-refractivity contribution in [1.82, 2.24) is 9.62 Å². The summed E-state index contributed by atoms with van der Waals surface area (Å²) in [5, 5.41) is 2.60. The Morgan fingerprint density at radius 2 is 1.82 bits per heavy atom. The number of rotatable bonds is 8. The van der Waals surface area contributed by atoms with Crippen LogP contribution in [0, 0.1) is 0 Å². The molecule has 0 radical (unpaired) electrons. The van der Waals surface area contributed by atoms with Crippen molar-refractivity contribution in [2.45, 2.75) is 43.9 Å². The van der Waals surface area contributed by atoms with Crippen LogP contribution < -0.4 is 10.1 Å². The second-order valence-electron chi connectivity index (χ2n) is 6.61. The highest BCUT2D eigenvalue weighted by Gasteiger charge is 2.29. The minimum absolute atomic E-state index is 0.0532. The van der Waals surface area contributed by atoms with Crippen molar-refractivity contribution in [1.29, 1.82) is 0 Å². The van der Waals surface area contributed by atoms with Crippen LogP contribution in [0.25, 0.3) is 0 Å². The van der Waals surface area contributed by atoms with Crippen LogP contribution in [0.4, 0.5) is 0 Å². The molecule has 1 amide bonds. The van der Waals surface area contributed by atoms with Gasteiger partial charge in [0.1, 0.15) is 10.6 Å². The van der Waals surface area contributed by atoms with E-state index in [0.717, 1.165) is 32.1 Å². The zero-order valence-electron chi connectivity index (χ0n) is 16.4. The summed E-state index contributed by atoms with van der Waals surface area (Å²) in [6.07, 6.45) is 4.37. The second kappa shape index (κ2) is 10.4. The largest absolute Gasteiger partial charge is 0.495 e. The van der Waals surface area contributed by atoms with Gasteiger partial charge in [0.15, 0.2) is 6.61 Å². The number of ether oxygens (including phenoxy) is 2. The average molecular weight is 413 g/mol. The Morgan fingerprint density at radius 3 is 2.43 bits per heavy atom. The van der Waals surface area contributed by atoms with Gasteiger partial charge in [0.25, 0.3) is 5.91 Å². The zero-order valence-corrected chi connectivity index (χ0v) is 17.2. The summed E-state index contributed by atoms with van der Waals surface area (Å²) in [5.74, 6) is -0.996. The van der Waals surface area contributed by atoms with Crippen molar-refractivity contribution in [2.75, 3.05) is 33.4 Å². The van der Waals surface area contributed by atoms with Crippen molar-refractivity contribution >= 4 is 21.9 Å². The smallest absolute Gasteiger partial charge is 0.338 e. The number of carbonyl (C=O) groups is 2. The van der Waals surface area contributed by atoms with Gasteiger partial charge in [-0.3, -0.25) is 4.79 Å². The zero-order chi connectivity index (χ0) is 20.6. The van der Waals surface area contributed by atoms with Gasteiger partial charge in [-0.05, 0) is 37.5 Å². The van der Waals surface area contributed by atoms with Crippen molar-refractivity contribution in [3.8, 4) is 5.75 Å². The van der Waals surface area contributed by atoms with E-state index in [9.17, 15) is 18.0 Å². The Bertz CT molecular complexity index is 786. The van der Waals surface area contributed by atoms with E-state index in [1.54, 1.807) is 0 Å². The molecule has 1 aliphatic heterocycles. The summed E-state index contributed by atoms with van der Waals surface area (Å²) >= 11 is 0. The molecule has 0 spiro atoms. The van der Waals surface area contributed by atoms with Crippen molar-refractivity contribution in [2.24, 2.45) is 0 Å². The van der Waals surface area contributed by atoms with Gasteiger partial charge in [-0.1, -0.05) is 19.8 Å². The fourth-order valence-corrected chi connectivity index (χ4v) is 4.65. The van der Waals surface area contributed by atoms with Crippen molar-refractivity contribution < 1.29 is 27.5 Å². The Morgan fingerprint density at radius 1 is 1.14 bits per heavy atom. The molecular formula is C19H28N2O6S. The van der Waals surface area contributed by atoms with Crippen molar-refractivity contribution in [3.05, 3.63) is 23.8 Å². The van der Waals surface area contributed by atoms with E-state index in [2.05, 4.69) is 5.32 Å². The summed E-state index contributed by atoms with van der Waals surface area (Å²) in [6, 6.07) is 4.11. The molecule has 2 rings (SSSR count). The number of sulfonamides is 1. The summed E-state index contributed by atoms with van der Waals surface area (Å²) in [4.78, 5) is 23.8. The first-order valence-corrected chi connectivity index (χ1v) is 11.0. The number of benzene rings is 1. The Balaban J connectivity index is 2.20. The molecule has 0 aromatic heterocycles. The minimum Gasteiger partial charge on any atom is -0.495 e. The number of nitrogens with zero attached hydrogens (tertiary/aromatic N) is 1. The Hall–Kier alpha value is -2.13. The lowest BCUT2D eigenvalue weighted by Gasteiger charge is -2.21. The predicted molar refractivity (Wildman–Crippen MR) is 104 cm³/mol. The molecule has 0 unspecified atom stereocenters. The number of methoxy groups -OCH3 is 1. The first-order chi connectivity index (χ1) is 13.4. The van der Waals surface area contributed by atoms with E-state index in [-0.39, 0.29) is 16.2 Å². The van der Waals surface area contributed by atoms with Crippen LogP contribution in [0.1, 0.15) is 49.4 Å². The lowest BCUT2D eigenvalue weighted by Crippen LogP contribution is -2.32. The van der Waals surface area contributed by atoms with E-state index in [4.69, 9.17) is 9.47 Å². The first-order valence-electron chi connectivity index (χ1n) is 9.52. The normalized spacial score (nSPS) is 15.5. The Labute approximate surface area is 166 Å². The maximum Gasteiger partial charge on any atom is 0.338 e. The van der Waals surface area contributed by atoms with E-state index in [1.807, 2.05) is 6.92 Å². The molecule has 0 atom stereocenters. The summed E-state index contributed by atoms with van der Waals surface area (Å²) in [7, 11) is -2.42. The third-order valence-electron chi connectivity index (χ3n) is 4.49. The number of esters is 1. The third kappa shape index (κ3) is 5.68. The van der Waals surface area contributed by atoms with Gasteiger partial charge >= 0.3 is 5.97 Å². The summed E-state index contributed by atoms with van der Waals surface area (Å²) in [6.45, 7) is 2.88. The van der Waals surface area contributed by atoms with Gasteiger partial charge < -0.3 is 14.8 Å². The second-order valence-corrected chi connectivity index (χ2v) is 8.52. The average Bonchev–Trinajstić information content (AvgIpc) is 3.00. The molecule has 0 bridgehead atoms. The van der Waals surface area contributed by atoms with E-state index in [1.165, 1.54) is 29.6 Å². The monoisotopic (exact) mass is 412 g/mol. The molecule has 1 N–H and O–H groups in total. The molecule has 1 aromatic rings. The minimum atomic E-state index is -3.81. The maximum atomic E-state index is 13.1. The number of carbonyl (C=O) groups excluding carboxylic acids is 2. The van der Waals surface area contributed by atoms with Crippen LogP contribution >= 0.6 is 0 Å². The number of hydrogen-bond donors (Lipinski definition) is 1. The standard InChI is InChI=1S/C19H28N2O6S/c1-3-10-20-18(22)14-27-19(23)15-8-9-16(26-2)17(13-15)28(24,25)21-11-6-4-5-7-12-21/h8-9,13H,3-7,10-12,14H2,1-2H3,(H,20,22). The molecule has 0 aliphatic carbocycles. The highest BCUT2D eigenvalue weighted by atomic mass is 32.2. The van der Waals surface area contributed by atoms with Crippen LogP contribution in [0.2, 0.25) is 0 Å². The van der Waals surface area contributed by atoms with Crippen LogP contribution in [-0.4, -0.2) is 58.0 Å². The molecule has 8 nitrogen and oxygen atoms in total. The van der Waals surface area contributed by atoms with Crippen LogP contribution in [-0.2, 0) is 19.6 Å². The van der Waals surface area contributed by atoms with Gasteiger partial charge in [-0.2, -0.15) is 4.31 Å². The molecule has 1 heterocycles. The molecule has 156 valence electrons. The fraction of sp³-hybridized carbons (Fsp3) is 0.579. The quantitative estimate of drug-likeness (QED) is 0.655. The van der Waals surface area contributed by atoms with Gasteiger partial charge in [-0.15, -0.1) is 0 Å². The predicted octanol–water partition coefficient (Wildman–Crippen LogP) is 1.94. The highest BCUT2D eigenvalue weighted by Crippen LogP contribution is 2.29. The van der Waals surface area contributed by atoms with Gasteiger partial charge in [-0.25, -0.2) is 13.2 Å². The van der Waals surface area contributed by atoms with Crippen LogP contribution in [0.3, 0.4) is 0 Å². The number of nitrogens with one attached hydrogen (secondary N) is 1. The molecular weight excluding hydrogens is 384 g/mol. The fourth-order valence-electron chi connectivity index (χ4n) is 2.96. The molecule has 0 saturated carbocycles. The SMILES string of the molecule is CCCNC(=O)COC(=O)c1ccc(OC)c(S(=O)(=O)N2CCCCCC2)c1. The summed E-state index contributed by atoms with van der Waals surface area (Å²) < 4.78 is 37.9. The molecule has 28 heavy (non-hydrogen) atoms. The number of amides is 1. The molecule has 1 aliphatic rings. The lowest BCUT2D eigenvalue weighted by atomic mass is 10.2. The topological polar surface area (TPSA) is 102 Å². The molecule has 9 heteroatoms. The molecule has 1 aromatic carbocycles. The molecule has 1 fully saturated rings. The first kappa shape index (κ1) is 22.2. The maximum absolute atomic E-state index is 13.1. The van der Waals surface area contributed by atoms with Crippen LogP contribution in [0.15, 0.2) is 23.1 Å². The van der Waals surface area contributed by atoms with E-state index < -0.39 is 28.5 Å². The molecule has 1 saturated heterocycles. The Kier molecular flexibility index (Phi) is 8.25. The summed E-state index contributed by atoms with van der Waals surface area (Å²) in [5.41, 5.74) is 0.0532. The number of hydrogen-bond acceptors (Lipinski definition) is 6. The van der Waals surface area contributed by atoms with E-state index in [0.29, 0.717) is 19.6 Å². The van der Waals surface area contributed by atoms with E-state index >= 15 is 0 Å². The van der Waals surface area contributed by atoms with Crippen LogP contribution in [0.5, 0.6) is 5.75 Å². The van der Waals surface area contributed by atoms with Gasteiger partial charge in [0, 0.05) is 19.6 Å². The van der Waals surface area contributed by atoms with Gasteiger partial charge in [0.2, 0.25) is 10.0 Å². The highest BCUT2D eigenvalue weighted by molar-refractivity contribution is 7.89.